The number of carbonyl (C=O) groups excluding carboxylic acids is 2. The molecule has 1 aromatic carbocycles. The number of ether oxygens (including phenoxy) is 2. The first-order valence-corrected chi connectivity index (χ1v) is 9.37. The van der Waals surface area contributed by atoms with Crippen LogP contribution in [0.4, 0.5) is 0 Å². The number of rotatable bonds is 9. The van der Waals surface area contributed by atoms with Crippen LogP contribution in [-0.2, 0) is 30.3 Å². The van der Waals surface area contributed by atoms with Gasteiger partial charge in [-0.25, -0.2) is 4.79 Å². The summed E-state index contributed by atoms with van der Waals surface area (Å²) in [5, 5.41) is 22.8. The van der Waals surface area contributed by atoms with Gasteiger partial charge in [-0.15, -0.1) is 0 Å². The topological polar surface area (TPSA) is 155 Å². The van der Waals surface area contributed by atoms with E-state index in [0.29, 0.717) is 11.3 Å². The molecule has 0 saturated carbocycles. The van der Waals surface area contributed by atoms with E-state index in [-0.39, 0.29) is 12.0 Å². The second-order valence-corrected chi connectivity index (χ2v) is 8.01. The highest BCUT2D eigenvalue weighted by molar-refractivity contribution is 5.97. The molecule has 0 aliphatic carbocycles. The third-order valence-corrected chi connectivity index (χ3v) is 4.14. The van der Waals surface area contributed by atoms with Gasteiger partial charge in [0.1, 0.15) is 23.4 Å². The van der Waals surface area contributed by atoms with Crippen LogP contribution in [0.15, 0.2) is 24.3 Å². The van der Waals surface area contributed by atoms with Crippen LogP contribution in [0.3, 0.4) is 0 Å². The van der Waals surface area contributed by atoms with Crippen molar-refractivity contribution in [3.63, 3.8) is 0 Å². The lowest BCUT2D eigenvalue weighted by Crippen LogP contribution is -2.46. The Balaban J connectivity index is 1.92. The zero-order valence-corrected chi connectivity index (χ0v) is 17.2. The van der Waals surface area contributed by atoms with Crippen molar-refractivity contribution in [2.45, 2.75) is 64.0 Å². The van der Waals surface area contributed by atoms with Crippen molar-refractivity contribution in [1.82, 2.24) is 10.6 Å². The van der Waals surface area contributed by atoms with Crippen molar-refractivity contribution in [3.8, 4) is 5.75 Å². The van der Waals surface area contributed by atoms with Gasteiger partial charge in [-0.2, -0.15) is 0 Å². The molecule has 10 heteroatoms. The standard InChI is InChI=1S/C20H26N2O8/c1-10(18(25)26)21-16(23)14-15(29-14)17(24)22-13(19(27)28)9-11-5-7-12(8-6-11)30-20(2,3)4/h5-8,10,13-15H,9H2,1-4H3,(H,21,23)(H,22,24)(H,25,26)(H,27,28)/t10-,13-,14-,15-/m0/s1. The number of nitrogens with one attached hydrogen (secondary N) is 2. The SMILES string of the molecule is C[C@H](NC(=O)[C@H]1O[C@@H]1C(=O)N[C@@H](Cc1ccc(OC(C)(C)C)cc1)C(=O)O)C(=O)O. The molecule has 4 atom stereocenters. The minimum absolute atomic E-state index is 0.0243. The molecule has 1 aliphatic heterocycles. The van der Waals surface area contributed by atoms with Crippen LogP contribution in [-0.4, -0.2) is 63.9 Å². The summed E-state index contributed by atoms with van der Waals surface area (Å²) in [5.41, 5.74) is 0.305. The predicted molar refractivity (Wildman–Crippen MR) is 104 cm³/mol. The van der Waals surface area contributed by atoms with Gasteiger partial charge in [0, 0.05) is 6.42 Å². The van der Waals surface area contributed by atoms with E-state index in [1.54, 1.807) is 24.3 Å². The molecule has 10 nitrogen and oxygen atoms in total. The van der Waals surface area contributed by atoms with Gasteiger partial charge in [0.2, 0.25) is 0 Å². The minimum atomic E-state index is -1.24. The van der Waals surface area contributed by atoms with Gasteiger partial charge >= 0.3 is 11.9 Å². The number of hydrogen-bond donors (Lipinski definition) is 4. The van der Waals surface area contributed by atoms with Crippen molar-refractivity contribution in [1.29, 1.82) is 0 Å². The molecule has 0 bridgehead atoms. The molecule has 0 radical (unpaired) electrons. The quantitative estimate of drug-likeness (QED) is 0.415. The van der Waals surface area contributed by atoms with Crippen LogP contribution in [0.2, 0.25) is 0 Å². The number of epoxide rings is 1. The molecule has 164 valence electrons. The molecular formula is C20H26N2O8. The highest BCUT2D eigenvalue weighted by atomic mass is 16.6. The Bertz CT molecular complexity index is 815. The Morgan fingerprint density at radius 1 is 1.00 bits per heavy atom. The first kappa shape index (κ1) is 23.1. The largest absolute Gasteiger partial charge is 0.488 e. The summed E-state index contributed by atoms with van der Waals surface area (Å²) >= 11 is 0. The van der Waals surface area contributed by atoms with E-state index in [0.717, 1.165) is 0 Å². The highest BCUT2D eigenvalue weighted by Crippen LogP contribution is 2.23. The minimum Gasteiger partial charge on any atom is -0.488 e. The number of hydrogen-bond acceptors (Lipinski definition) is 6. The average Bonchev–Trinajstić information content (AvgIpc) is 3.42. The van der Waals surface area contributed by atoms with E-state index in [1.807, 2.05) is 20.8 Å². The molecule has 1 heterocycles. The number of carboxylic acids is 2. The molecule has 1 aromatic rings. The second-order valence-electron chi connectivity index (χ2n) is 8.01. The summed E-state index contributed by atoms with van der Waals surface area (Å²) in [4.78, 5) is 46.4. The van der Waals surface area contributed by atoms with Gasteiger partial charge in [0.05, 0.1) is 0 Å². The molecule has 0 aromatic heterocycles. The summed E-state index contributed by atoms with van der Waals surface area (Å²) in [6, 6.07) is 4.49. The number of benzene rings is 1. The van der Waals surface area contributed by atoms with Crippen molar-refractivity contribution in [2.24, 2.45) is 0 Å². The summed E-state index contributed by atoms with van der Waals surface area (Å²) in [7, 11) is 0. The fraction of sp³-hybridized carbons (Fsp3) is 0.500. The summed E-state index contributed by atoms with van der Waals surface area (Å²) in [6.07, 6.45) is -2.28. The lowest BCUT2D eigenvalue weighted by Gasteiger charge is -2.21. The van der Waals surface area contributed by atoms with Crippen LogP contribution in [0, 0.1) is 0 Å². The Kier molecular flexibility index (Phi) is 7.04. The van der Waals surface area contributed by atoms with Gasteiger partial charge in [-0.3, -0.25) is 14.4 Å². The normalized spacial score (nSPS) is 19.9. The third kappa shape index (κ3) is 6.73. The van der Waals surface area contributed by atoms with Crippen molar-refractivity contribution in [3.05, 3.63) is 29.8 Å². The third-order valence-electron chi connectivity index (χ3n) is 4.14. The Hall–Kier alpha value is -3.14. The average molecular weight is 422 g/mol. The predicted octanol–water partition coefficient (Wildman–Crippen LogP) is 0.333. The molecule has 30 heavy (non-hydrogen) atoms. The first-order valence-electron chi connectivity index (χ1n) is 9.37. The van der Waals surface area contributed by atoms with E-state index >= 15 is 0 Å². The van der Waals surface area contributed by atoms with Crippen LogP contribution in [0.5, 0.6) is 5.75 Å². The van der Waals surface area contributed by atoms with E-state index in [1.165, 1.54) is 6.92 Å². The van der Waals surface area contributed by atoms with Gasteiger partial charge < -0.3 is 30.3 Å². The van der Waals surface area contributed by atoms with Crippen LogP contribution >= 0.6 is 0 Å². The van der Waals surface area contributed by atoms with Gasteiger partial charge in [-0.05, 0) is 45.4 Å². The van der Waals surface area contributed by atoms with E-state index in [4.69, 9.17) is 14.6 Å². The van der Waals surface area contributed by atoms with Gasteiger partial charge in [0.25, 0.3) is 11.8 Å². The van der Waals surface area contributed by atoms with E-state index < -0.39 is 48.0 Å². The molecule has 1 aliphatic rings. The Morgan fingerprint density at radius 2 is 1.53 bits per heavy atom. The Labute approximate surface area is 173 Å². The lowest BCUT2D eigenvalue weighted by atomic mass is 10.1. The first-order chi connectivity index (χ1) is 13.9. The summed E-state index contributed by atoms with van der Waals surface area (Å²) in [5.74, 6) is -3.32. The second kappa shape index (κ2) is 9.12. The number of aliphatic carboxylic acids is 2. The molecule has 0 unspecified atom stereocenters. The molecule has 2 amide bonds. The summed E-state index contributed by atoms with van der Waals surface area (Å²) < 4.78 is 10.7. The number of amides is 2. The molecule has 1 fully saturated rings. The van der Waals surface area contributed by atoms with Crippen LogP contribution in [0.25, 0.3) is 0 Å². The smallest absolute Gasteiger partial charge is 0.326 e. The summed E-state index contributed by atoms with van der Waals surface area (Å²) in [6.45, 7) is 7.00. The van der Waals surface area contributed by atoms with Crippen LogP contribution in [0.1, 0.15) is 33.3 Å². The molecule has 4 N–H and O–H groups in total. The molecule has 0 spiro atoms. The highest BCUT2D eigenvalue weighted by Gasteiger charge is 2.51. The molecule has 2 rings (SSSR count). The van der Waals surface area contributed by atoms with Gasteiger partial charge in [-0.1, -0.05) is 12.1 Å². The van der Waals surface area contributed by atoms with E-state index in [9.17, 15) is 24.3 Å². The maximum Gasteiger partial charge on any atom is 0.326 e. The van der Waals surface area contributed by atoms with Crippen molar-refractivity contribution < 1.29 is 38.9 Å². The monoisotopic (exact) mass is 422 g/mol. The maximum atomic E-state index is 12.2. The number of carbonyl (C=O) groups is 4. The van der Waals surface area contributed by atoms with Gasteiger partial charge in [0.15, 0.2) is 12.2 Å². The lowest BCUT2D eigenvalue weighted by molar-refractivity contribution is -0.142. The fourth-order valence-electron chi connectivity index (χ4n) is 2.61. The zero-order valence-electron chi connectivity index (χ0n) is 17.2. The molecule has 1 saturated heterocycles. The zero-order chi connectivity index (χ0) is 22.6. The Morgan fingerprint density at radius 3 is 2.00 bits per heavy atom. The fourth-order valence-corrected chi connectivity index (χ4v) is 2.61. The van der Waals surface area contributed by atoms with Crippen LogP contribution < -0.4 is 15.4 Å². The number of carboxylic acid groups (broad SMARTS) is 2. The van der Waals surface area contributed by atoms with Crippen molar-refractivity contribution >= 4 is 23.8 Å². The molecular weight excluding hydrogens is 396 g/mol. The van der Waals surface area contributed by atoms with Crippen molar-refractivity contribution in [2.75, 3.05) is 0 Å². The van der Waals surface area contributed by atoms with E-state index in [2.05, 4.69) is 10.6 Å². The maximum absolute atomic E-state index is 12.2.